The van der Waals surface area contributed by atoms with Gasteiger partial charge >= 0.3 is 0 Å². The molecule has 0 aromatic carbocycles. The lowest BCUT2D eigenvalue weighted by Gasteiger charge is -2.09. The van der Waals surface area contributed by atoms with Crippen molar-refractivity contribution in [3.05, 3.63) is 29.6 Å². The van der Waals surface area contributed by atoms with E-state index in [0.29, 0.717) is 18.2 Å². The van der Waals surface area contributed by atoms with E-state index in [0.717, 1.165) is 12.2 Å². The summed E-state index contributed by atoms with van der Waals surface area (Å²) in [6, 6.07) is 0. The summed E-state index contributed by atoms with van der Waals surface area (Å²) in [4.78, 5) is 0. The van der Waals surface area contributed by atoms with Gasteiger partial charge in [-0.15, -0.1) is 6.58 Å². The van der Waals surface area contributed by atoms with Crippen LogP contribution >= 0.6 is 12.2 Å². The Hall–Kier alpha value is -1.36. The predicted octanol–water partition coefficient (Wildman–Crippen LogP) is 1.67. The van der Waals surface area contributed by atoms with Crippen molar-refractivity contribution in [2.75, 3.05) is 6.54 Å². The Kier molecular flexibility index (Phi) is 5.15. The molecule has 94 valence electrons. The van der Waals surface area contributed by atoms with Crippen molar-refractivity contribution in [2.24, 2.45) is 0 Å². The van der Waals surface area contributed by atoms with Crippen LogP contribution in [-0.2, 0) is 13.1 Å². The third-order valence-corrected chi connectivity index (χ3v) is 2.95. The van der Waals surface area contributed by atoms with Gasteiger partial charge in [-0.1, -0.05) is 6.08 Å². The van der Waals surface area contributed by atoms with Crippen LogP contribution in [0.25, 0.3) is 0 Å². The van der Waals surface area contributed by atoms with E-state index in [2.05, 4.69) is 36.2 Å². The highest BCUT2D eigenvalue weighted by molar-refractivity contribution is 7.80. The maximum atomic E-state index is 5.14. The molecule has 0 bridgehead atoms. The summed E-state index contributed by atoms with van der Waals surface area (Å²) in [5, 5.41) is 11.3. The Morgan fingerprint density at radius 3 is 2.71 bits per heavy atom. The Labute approximate surface area is 108 Å². The van der Waals surface area contributed by atoms with Crippen LogP contribution in [0, 0.1) is 13.8 Å². The zero-order valence-corrected chi connectivity index (χ0v) is 11.5. The highest BCUT2D eigenvalue weighted by Crippen LogP contribution is 2.12. The second kappa shape index (κ2) is 6.39. The molecule has 0 saturated carbocycles. The van der Waals surface area contributed by atoms with Crippen LogP contribution in [0.5, 0.6) is 0 Å². The van der Waals surface area contributed by atoms with Gasteiger partial charge in [0.1, 0.15) is 0 Å². The smallest absolute Gasteiger partial charge is 0.166 e. The zero-order chi connectivity index (χ0) is 12.8. The van der Waals surface area contributed by atoms with Crippen LogP contribution in [0.3, 0.4) is 0 Å². The van der Waals surface area contributed by atoms with Crippen LogP contribution in [0.1, 0.15) is 23.9 Å². The first-order valence-corrected chi connectivity index (χ1v) is 6.16. The molecule has 0 aliphatic carbocycles. The molecule has 1 rings (SSSR count). The van der Waals surface area contributed by atoms with E-state index in [1.165, 1.54) is 11.3 Å². The molecule has 0 aliphatic heterocycles. The fraction of sp³-hybridized carbons (Fsp3) is 0.500. The average molecular weight is 252 g/mol. The van der Waals surface area contributed by atoms with Crippen molar-refractivity contribution in [3.8, 4) is 0 Å². The van der Waals surface area contributed by atoms with E-state index in [1.54, 1.807) is 6.08 Å². The maximum Gasteiger partial charge on any atom is 0.166 e. The summed E-state index contributed by atoms with van der Waals surface area (Å²) in [7, 11) is 0. The van der Waals surface area contributed by atoms with Gasteiger partial charge in [0.2, 0.25) is 0 Å². The fourth-order valence-corrected chi connectivity index (χ4v) is 1.85. The first-order chi connectivity index (χ1) is 8.10. The van der Waals surface area contributed by atoms with Gasteiger partial charge in [-0.3, -0.25) is 4.68 Å². The topological polar surface area (TPSA) is 41.9 Å². The summed E-state index contributed by atoms with van der Waals surface area (Å²) in [6.07, 6.45) is 1.78. The summed E-state index contributed by atoms with van der Waals surface area (Å²) in [5.41, 5.74) is 3.47. The third-order valence-electron chi connectivity index (χ3n) is 2.66. The monoisotopic (exact) mass is 252 g/mol. The van der Waals surface area contributed by atoms with Crippen LogP contribution in [0.2, 0.25) is 0 Å². The normalized spacial score (nSPS) is 10.1. The van der Waals surface area contributed by atoms with E-state index >= 15 is 0 Å². The number of aromatic nitrogens is 2. The first-order valence-electron chi connectivity index (χ1n) is 5.75. The van der Waals surface area contributed by atoms with Crippen molar-refractivity contribution < 1.29 is 0 Å². The van der Waals surface area contributed by atoms with Gasteiger partial charge in [0, 0.05) is 30.9 Å². The van der Waals surface area contributed by atoms with Gasteiger partial charge in [-0.05, 0) is 33.0 Å². The molecule has 1 aromatic rings. The van der Waals surface area contributed by atoms with Gasteiger partial charge in [0.15, 0.2) is 5.11 Å². The highest BCUT2D eigenvalue weighted by Gasteiger charge is 2.10. The van der Waals surface area contributed by atoms with Gasteiger partial charge in [0.05, 0.1) is 5.69 Å². The Bertz CT molecular complexity index is 409. The van der Waals surface area contributed by atoms with Gasteiger partial charge < -0.3 is 10.6 Å². The lowest BCUT2D eigenvalue weighted by atomic mass is 10.2. The Balaban J connectivity index is 2.60. The van der Waals surface area contributed by atoms with Gasteiger partial charge in [-0.2, -0.15) is 5.10 Å². The molecule has 5 heteroatoms. The quantitative estimate of drug-likeness (QED) is 0.618. The van der Waals surface area contributed by atoms with Crippen molar-refractivity contribution in [2.45, 2.75) is 33.9 Å². The van der Waals surface area contributed by atoms with E-state index in [9.17, 15) is 0 Å². The van der Waals surface area contributed by atoms with E-state index in [-0.39, 0.29) is 0 Å². The molecule has 0 amide bonds. The number of nitrogens with one attached hydrogen (secondary N) is 2. The minimum atomic E-state index is 0.646. The van der Waals surface area contributed by atoms with E-state index in [1.807, 2.05) is 11.6 Å². The molecule has 1 heterocycles. The number of hydrogen-bond donors (Lipinski definition) is 2. The van der Waals surface area contributed by atoms with E-state index in [4.69, 9.17) is 12.2 Å². The van der Waals surface area contributed by atoms with Gasteiger partial charge in [-0.25, -0.2) is 0 Å². The standard InChI is InChI=1S/C12H20N4S/c1-5-7-13-12(17)14-8-11-9(3)15-16(6-2)10(11)4/h5H,1,6-8H2,2-4H3,(H2,13,14,17). The SMILES string of the molecule is C=CCNC(=S)NCc1c(C)nn(CC)c1C. The number of nitrogens with zero attached hydrogens (tertiary/aromatic N) is 2. The second-order valence-corrected chi connectivity index (χ2v) is 4.23. The molecule has 0 aliphatic rings. The molecule has 17 heavy (non-hydrogen) atoms. The van der Waals surface area contributed by atoms with Crippen LogP contribution in [0.4, 0.5) is 0 Å². The summed E-state index contributed by atoms with van der Waals surface area (Å²) < 4.78 is 2.01. The molecule has 0 spiro atoms. The maximum absolute atomic E-state index is 5.14. The zero-order valence-electron chi connectivity index (χ0n) is 10.7. The first kappa shape index (κ1) is 13.7. The van der Waals surface area contributed by atoms with Crippen molar-refractivity contribution in [1.82, 2.24) is 20.4 Å². The fourth-order valence-electron chi connectivity index (χ4n) is 1.69. The summed E-state index contributed by atoms with van der Waals surface area (Å²) in [5.74, 6) is 0. The van der Waals surface area contributed by atoms with Crippen molar-refractivity contribution >= 4 is 17.3 Å². The number of hydrogen-bond acceptors (Lipinski definition) is 2. The summed E-state index contributed by atoms with van der Waals surface area (Å²) >= 11 is 5.14. The van der Waals surface area contributed by atoms with Gasteiger partial charge in [0.25, 0.3) is 0 Å². The second-order valence-electron chi connectivity index (χ2n) is 3.82. The van der Waals surface area contributed by atoms with Crippen LogP contribution in [-0.4, -0.2) is 21.4 Å². The molecule has 2 N–H and O–H groups in total. The van der Waals surface area contributed by atoms with E-state index < -0.39 is 0 Å². The molecular formula is C12H20N4S. The minimum absolute atomic E-state index is 0.646. The van der Waals surface area contributed by atoms with Crippen LogP contribution in [0.15, 0.2) is 12.7 Å². The average Bonchev–Trinajstić information content (AvgIpc) is 2.59. The Morgan fingerprint density at radius 1 is 1.47 bits per heavy atom. The molecule has 0 radical (unpaired) electrons. The molecule has 0 unspecified atom stereocenters. The Morgan fingerprint density at radius 2 is 2.18 bits per heavy atom. The molecule has 0 fully saturated rings. The number of thiocarbonyl (C=S) groups is 1. The summed E-state index contributed by atoms with van der Waals surface area (Å²) in [6.45, 7) is 12.1. The molecular weight excluding hydrogens is 232 g/mol. The van der Waals surface area contributed by atoms with Crippen molar-refractivity contribution in [3.63, 3.8) is 0 Å². The molecule has 0 atom stereocenters. The minimum Gasteiger partial charge on any atom is -0.359 e. The number of rotatable bonds is 5. The van der Waals surface area contributed by atoms with Crippen molar-refractivity contribution in [1.29, 1.82) is 0 Å². The predicted molar refractivity (Wildman–Crippen MR) is 75.0 cm³/mol. The number of aryl methyl sites for hydroxylation is 2. The lowest BCUT2D eigenvalue weighted by molar-refractivity contribution is 0.633. The van der Waals surface area contributed by atoms with Crippen LogP contribution < -0.4 is 10.6 Å². The molecule has 0 saturated heterocycles. The highest BCUT2D eigenvalue weighted by atomic mass is 32.1. The largest absolute Gasteiger partial charge is 0.359 e. The molecule has 4 nitrogen and oxygen atoms in total. The lowest BCUT2D eigenvalue weighted by Crippen LogP contribution is -2.34. The molecule has 1 aromatic heterocycles. The third kappa shape index (κ3) is 3.56.